The number of nitriles is 1. The number of hydrogen-bond acceptors (Lipinski definition) is 8. The highest BCUT2D eigenvalue weighted by Crippen LogP contribution is 2.39. The molecule has 1 amide bonds. The SMILES string of the molecule is CCN(CC)C(=O)C1=C(C)N=c2s/c(=C/c3cc(C)n(-c4sc5c(c4C#N)CCCC5)c3C)c(=O)n2[C@H]1c1cc(OC)ccc1OC. The van der Waals surface area contributed by atoms with Gasteiger partial charge in [0.15, 0.2) is 4.80 Å². The first kappa shape index (κ1) is 32.5. The van der Waals surface area contributed by atoms with Gasteiger partial charge in [-0.15, -0.1) is 11.3 Å². The molecule has 1 aliphatic carbocycles. The van der Waals surface area contributed by atoms with Crippen molar-refractivity contribution in [3.8, 4) is 22.6 Å². The Bertz CT molecular complexity index is 2150. The largest absolute Gasteiger partial charge is 0.497 e. The summed E-state index contributed by atoms with van der Waals surface area (Å²) in [5.41, 5.74) is 6.22. The van der Waals surface area contributed by atoms with Crippen LogP contribution in [0.3, 0.4) is 0 Å². The van der Waals surface area contributed by atoms with Crippen LogP contribution in [-0.2, 0) is 17.6 Å². The second-order valence-corrected chi connectivity index (χ2v) is 13.9. The molecule has 9 nitrogen and oxygen atoms in total. The first-order valence-corrected chi connectivity index (χ1v) is 17.6. The van der Waals surface area contributed by atoms with Gasteiger partial charge < -0.3 is 18.9 Å². The number of hydrogen-bond donors (Lipinski definition) is 0. The number of rotatable bonds is 8. The number of carbonyl (C=O) groups excluding carboxylic acids is 1. The van der Waals surface area contributed by atoms with Gasteiger partial charge in [0.25, 0.3) is 11.5 Å². The van der Waals surface area contributed by atoms with Gasteiger partial charge in [-0.25, -0.2) is 4.99 Å². The highest BCUT2D eigenvalue weighted by molar-refractivity contribution is 7.15. The lowest BCUT2D eigenvalue weighted by molar-refractivity contribution is -0.127. The van der Waals surface area contributed by atoms with Crippen LogP contribution < -0.4 is 24.4 Å². The molecule has 4 heterocycles. The molecule has 0 fully saturated rings. The van der Waals surface area contributed by atoms with Gasteiger partial charge in [0.1, 0.15) is 28.6 Å². The molecule has 1 atom stereocenters. The van der Waals surface area contributed by atoms with Crippen LogP contribution >= 0.6 is 22.7 Å². The van der Waals surface area contributed by atoms with Gasteiger partial charge in [-0.2, -0.15) is 5.26 Å². The van der Waals surface area contributed by atoms with Crippen LogP contribution in [0.25, 0.3) is 11.1 Å². The van der Waals surface area contributed by atoms with Crippen molar-refractivity contribution in [1.29, 1.82) is 5.26 Å². The predicted octanol–water partition coefficient (Wildman–Crippen LogP) is 5.34. The summed E-state index contributed by atoms with van der Waals surface area (Å²) in [4.78, 5) is 36.9. The molecule has 244 valence electrons. The van der Waals surface area contributed by atoms with Crippen molar-refractivity contribution in [1.82, 2.24) is 14.0 Å². The minimum Gasteiger partial charge on any atom is -0.497 e. The van der Waals surface area contributed by atoms with Gasteiger partial charge in [0.2, 0.25) is 0 Å². The van der Waals surface area contributed by atoms with E-state index < -0.39 is 6.04 Å². The molecular weight excluding hydrogens is 631 g/mol. The fourth-order valence-corrected chi connectivity index (χ4v) is 9.32. The molecule has 0 saturated heterocycles. The second-order valence-electron chi connectivity index (χ2n) is 11.8. The van der Waals surface area contributed by atoms with Crippen molar-refractivity contribution in [2.75, 3.05) is 27.3 Å². The number of nitrogens with zero attached hydrogens (tertiary/aromatic N) is 5. The molecule has 4 aromatic rings. The number of benzene rings is 1. The Hall–Kier alpha value is -4.40. The number of likely N-dealkylation sites (N-methyl/N-ethyl adjacent to an activating group) is 1. The van der Waals surface area contributed by atoms with E-state index in [2.05, 4.69) is 16.7 Å². The van der Waals surface area contributed by atoms with Crippen molar-refractivity contribution in [3.63, 3.8) is 0 Å². The summed E-state index contributed by atoms with van der Waals surface area (Å²) in [6.45, 7) is 10.8. The van der Waals surface area contributed by atoms with Crippen LogP contribution in [-0.4, -0.2) is 47.3 Å². The summed E-state index contributed by atoms with van der Waals surface area (Å²) in [6.07, 6.45) is 6.13. The second kappa shape index (κ2) is 13.0. The number of aryl methyl sites for hydroxylation is 2. The molecule has 0 spiro atoms. The summed E-state index contributed by atoms with van der Waals surface area (Å²) >= 11 is 3.01. The summed E-state index contributed by atoms with van der Waals surface area (Å²) < 4.78 is 15.6. The molecule has 3 aromatic heterocycles. The van der Waals surface area contributed by atoms with E-state index in [4.69, 9.17) is 14.5 Å². The van der Waals surface area contributed by atoms with Crippen LogP contribution in [0.2, 0.25) is 0 Å². The average Bonchev–Trinajstić information content (AvgIpc) is 3.69. The molecule has 47 heavy (non-hydrogen) atoms. The molecular formula is C36H39N5O4S2. The number of allylic oxidation sites excluding steroid dienone is 1. The Labute approximate surface area is 282 Å². The molecule has 0 unspecified atom stereocenters. The average molecular weight is 670 g/mol. The van der Waals surface area contributed by atoms with Gasteiger partial charge in [0, 0.05) is 34.9 Å². The van der Waals surface area contributed by atoms with E-state index in [1.807, 2.05) is 46.8 Å². The van der Waals surface area contributed by atoms with Gasteiger partial charge in [-0.1, -0.05) is 11.3 Å². The zero-order valence-electron chi connectivity index (χ0n) is 27.9. The van der Waals surface area contributed by atoms with E-state index in [1.54, 1.807) is 47.2 Å². The lowest BCUT2D eigenvalue weighted by Crippen LogP contribution is -2.43. The minimum absolute atomic E-state index is 0.170. The number of ether oxygens (including phenoxy) is 2. The molecule has 0 N–H and O–H groups in total. The van der Waals surface area contributed by atoms with E-state index in [-0.39, 0.29) is 11.5 Å². The molecule has 11 heteroatoms. The number of fused-ring (bicyclic) bond motifs is 2. The number of thiophene rings is 1. The zero-order chi connectivity index (χ0) is 33.6. The lowest BCUT2D eigenvalue weighted by atomic mass is 9.93. The van der Waals surface area contributed by atoms with Crippen molar-refractivity contribution < 1.29 is 14.3 Å². The quantitative estimate of drug-likeness (QED) is 0.252. The molecule has 1 aromatic carbocycles. The van der Waals surface area contributed by atoms with Gasteiger partial charge in [0.05, 0.1) is 35.6 Å². The maximum absolute atomic E-state index is 14.5. The maximum Gasteiger partial charge on any atom is 0.271 e. The zero-order valence-corrected chi connectivity index (χ0v) is 29.5. The lowest BCUT2D eigenvalue weighted by Gasteiger charge is -2.30. The minimum atomic E-state index is -0.769. The Morgan fingerprint density at radius 1 is 1.11 bits per heavy atom. The molecule has 2 aliphatic rings. The summed E-state index contributed by atoms with van der Waals surface area (Å²) in [5, 5.41) is 11.1. The van der Waals surface area contributed by atoms with E-state index in [1.165, 1.54) is 21.8 Å². The number of methoxy groups -OCH3 is 2. The first-order valence-electron chi connectivity index (χ1n) is 15.9. The van der Waals surface area contributed by atoms with Gasteiger partial charge >= 0.3 is 0 Å². The number of aromatic nitrogens is 2. The van der Waals surface area contributed by atoms with E-state index in [9.17, 15) is 14.9 Å². The molecule has 0 bridgehead atoms. The summed E-state index contributed by atoms with van der Waals surface area (Å²) in [5.74, 6) is 0.961. The highest BCUT2D eigenvalue weighted by atomic mass is 32.1. The molecule has 0 saturated carbocycles. The Balaban J connectivity index is 1.55. The van der Waals surface area contributed by atoms with Gasteiger partial charge in [-0.3, -0.25) is 14.2 Å². The first-order chi connectivity index (χ1) is 22.7. The normalized spacial score (nSPS) is 16.0. The third-order valence-corrected chi connectivity index (χ3v) is 11.5. The Morgan fingerprint density at radius 3 is 2.53 bits per heavy atom. The number of amides is 1. The summed E-state index contributed by atoms with van der Waals surface area (Å²) in [7, 11) is 3.16. The van der Waals surface area contributed by atoms with Crippen LogP contribution in [0.5, 0.6) is 11.5 Å². The van der Waals surface area contributed by atoms with Crippen molar-refractivity contribution in [2.45, 2.75) is 66.3 Å². The van der Waals surface area contributed by atoms with E-state index >= 15 is 0 Å². The van der Waals surface area contributed by atoms with Crippen LogP contribution in [0.4, 0.5) is 0 Å². The maximum atomic E-state index is 14.5. The van der Waals surface area contributed by atoms with Crippen molar-refractivity contribution in [3.05, 3.63) is 93.7 Å². The Kier molecular flexibility index (Phi) is 9.01. The number of carbonyl (C=O) groups is 1. The monoisotopic (exact) mass is 669 g/mol. The topological polar surface area (TPSA) is 102 Å². The third kappa shape index (κ3) is 5.43. The van der Waals surface area contributed by atoms with E-state index in [0.717, 1.165) is 53.2 Å². The molecule has 6 rings (SSSR count). The van der Waals surface area contributed by atoms with Gasteiger partial charge in [-0.05, 0) is 102 Å². The van der Waals surface area contributed by atoms with Crippen LogP contribution in [0.1, 0.15) is 78.2 Å². The van der Waals surface area contributed by atoms with E-state index in [0.29, 0.717) is 50.8 Å². The van der Waals surface area contributed by atoms with Crippen molar-refractivity contribution >= 4 is 34.7 Å². The smallest absolute Gasteiger partial charge is 0.271 e. The Morgan fingerprint density at radius 2 is 1.85 bits per heavy atom. The summed E-state index contributed by atoms with van der Waals surface area (Å²) in [6, 6.07) is 9.21. The molecule has 1 aliphatic heterocycles. The van der Waals surface area contributed by atoms with Crippen LogP contribution in [0.15, 0.2) is 45.3 Å². The number of thiazole rings is 1. The fourth-order valence-electron chi connectivity index (χ4n) is 6.84. The predicted molar refractivity (Wildman–Crippen MR) is 186 cm³/mol. The third-order valence-electron chi connectivity index (χ3n) is 9.26. The standard InChI is InChI=1S/C36H39N5O4S2/c1-8-39(9-2)34(43)31-21(4)38-36-41(32(31)26-18-24(44-6)14-15-28(26)45-7)33(42)30(47-36)17-23-16-20(3)40(22(23)5)35-27(19-37)25-12-10-11-13-29(25)46-35/h14-18,32H,8-13H2,1-7H3/b30-17+/t32-/m0/s1. The molecule has 0 radical (unpaired) electrons. The van der Waals surface area contributed by atoms with Crippen molar-refractivity contribution in [2.24, 2.45) is 4.99 Å². The highest BCUT2D eigenvalue weighted by Gasteiger charge is 2.36. The van der Waals surface area contributed by atoms with Crippen LogP contribution in [0, 0.1) is 25.2 Å². The fraction of sp³-hybridized carbons (Fsp3) is 0.389.